The van der Waals surface area contributed by atoms with Gasteiger partial charge in [-0.05, 0) is 17.7 Å². The number of hydrogen-bond donors (Lipinski definition) is 1. The van der Waals surface area contributed by atoms with Crippen LogP contribution in [0.4, 0.5) is 10.6 Å². The van der Waals surface area contributed by atoms with Gasteiger partial charge in [0, 0.05) is 57.4 Å². The molecule has 1 saturated heterocycles. The van der Waals surface area contributed by atoms with Crippen molar-refractivity contribution in [3.8, 4) is 11.5 Å². The largest absolute Gasteiger partial charge is 0.486 e. The van der Waals surface area contributed by atoms with E-state index in [1.807, 2.05) is 22.7 Å². The van der Waals surface area contributed by atoms with Crippen LogP contribution in [0.25, 0.3) is 0 Å². The summed E-state index contributed by atoms with van der Waals surface area (Å²) >= 11 is 0. The summed E-state index contributed by atoms with van der Waals surface area (Å²) in [7, 11) is 1.91. The van der Waals surface area contributed by atoms with Crippen molar-refractivity contribution >= 4 is 11.8 Å². The molecular formula is C21H27N5O4. The molecule has 1 fully saturated rings. The lowest BCUT2D eigenvalue weighted by Crippen LogP contribution is -2.49. The van der Waals surface area contributed by atoms with Crippen LogP contribution in [0.5, 0.6) is 11.5 Å². The fourth-order valence-electron chi connectivity index (χ4n) is 4.24. The van der Waals surface area contributed by atoms with E-state index in [1.165, 1.54) is 5.56 Å². The van der Waals surface area contributed by atoms with Gasteiger partial charge < -0.3 is 19.1 Å². The monoisotopic (exact) mass is 413 g/mol. The highest BCUT2D eigenvalue weighted by Gasteiger charge is 2.25. The molecule has 4 heterocycles. The van der Waals surface area contributed by atoms with E-state index < -0.39 is 0 Å². The van der Waals surface area contributed by atoms with Crippen LogP contribution >= 0.6 is 0 Å². The summed E-state index contributed by atoms with van der Waals surface area (Å²) < 4.78 is 18.7. The molecule has 2 aromatic rings. The number of aryl methyl sites for hydroxylation is 1. The van der Waals surface area contributed by atoms with Gasteiger partial charge in [0.25, 0.3) is 0 Å². The van der Waals surface area contributed by atoms with Crippen molar-refractivity contribution in [1.82, 2.24) is 19.6 Å². The summed E-state index contributed by atoms with van der Waals surface area (Å²) in [6, 6.07) is 6.02. The van der Waals surface area contributed by atoms with Crippen molar-refractivity contribution in [3.05, 3.63) is 35.0 Å². The molecule has 0 unspecified atom stereocenters. The number of nitrogens with zero attached hydrogens (tertiary/aromatic N) is 4. The Bertz CT molecular complexity index is 936. The number of rotatable bonds is 3. The van der Waals surface area contributed by atoms with Crippen LogP contribution in [0, 0.1) is 0 Å². The highest BCUT2D eigenvalue weighted by atomic mass is 16.6. The molecule has 30 heavy (non-hydrogen) atoms. The number of piperazine rings is 1. The summed E-state index contributed by atoms with van der Waals surface area (Å²) in [6.45, 7) is 6.24. The molecule has 0 radical (unpaired) electrons. The number of fused-ring (bicyclic) bond motifs is 2. The minimum absolute atomic E-state index is 0.0968. The molecule has 3 aliphatic heterocycles. The number of benzene rings is 1. The fourth-order valence-corrected chi connectivity index (χ4v) is 4.24. The molecule has 9 nitrogen and oxygen atoms in total. The second-order valence-corrected chi connectivity index (χ2v) is 7.87. The number of carbonyl (C=O) groups excluding carboxylic acids is 1. The Morgan fingerprint density at radius 3 is 2.73 bits per heavy atom. The van der Waals surface area contributed by atoms with Crippen molar-refractivity contribution in [2.45, 2.75) is 19.6 Å². The minimum Gasteiger partial charge on any atom is -0.486 e. The van der Waals surface area contributed by atoms with Gasteiger partial charge in [-0.3, -0.25) is 14.9 Å². The number of amides is 2. The van der Waals surface area contributed by atoms with Gasteiger partial charge >= 0.3 is 6.03 Å². The zero-order chi connectivity index (χ0) is 20.5. The molecule has 2 amide bonds. The van der Waals surface area contributed by atoms with E-state index in [2.05, 4.69) is 27.4 Å². The van der Waals surface area contributed by atoms with Gasteiger partial charge in [0.2, 0.25) is 0 Å². The highest BCUT2D eigenvalue weighted by Crippen LogP contribution is 2.31. The van der Waals surface area contributed by atoms with Gasteiger partial charge in [-0.25, -0.2) is 4.79 Å². The number of nitrogens with one attached hydrogen (secondary N) is 1. The Balaban J connectivity index is 1.16. The molecule has 0 atom stereocenters. The first-order valence-electron chi connectivity index (χ1n) is 10.5. The van der Waals surface area contributed by atoms with Crippen molar-refractivity contribution in [1.29, 1.82) is 0 Å². The van der Waals surface area contributed by atoms with Crippen LogP contribution in [0.3, 0.4) is 0 Å². The van der Waals surface area contributed by atoms with Crippen molar-refractivity contribution in [2.24, 2.45) is 7.05 Å². The van der Waals surface area contributed by atoms with Crippen LogP contribution in [0.1, 0.15) is 16.8 Å². The number of hydrogen-bond acceptors (Lipinski definition) is 6. The van der Waals surface area contributed by atoms with E-state index in [-0.39, 0.29) is 6.03 Å². The lowest BCUT2D eigenvalue weighted by atomic mass is 10.1. The second kappa shape index (κ2) is 8.16. The van der Waals surface area contributed by atoms with E-state index in [9.17, 15) is 4.79 Å². The molecule has 1 aromatic carbocycles. The normalized spacial score (nSPS) is 18.8. The average molecular weight is 413 g/mol. The maximum absolute atomic E-state index is 12.8. The van der Waals surface area contributed by atoms with Gasteiger partial charge in [0.15, 0.2) is 17.3 Å². The molecule has 5 rings (SSSR count). The standard InChI is InChI=1S/C21H27N5O4/c1-24-17-4-9-28-14-16(17)20(23-24)22-21(27)26-7-5-25(6-8-26)13-15-2-3-18-19(12-15)30-11-10-29-18/h2-3,12H,4-11,13-14H2,1H3,(H,22,23,27). The van der Waals surface area contributed by atoms with E-state index in [4.69, 9.17) is 14.2 Å². The number of carbonyl (C=O) groups is 1. The number of anilines is 1. The minimum atomic E-state index is -0.0968. The molecule has 1 N–H and O–H groups in total. The summed E-state index contributed by atoms with van der Waals surface area (Å²) in [5.41, 5.74) is 3.33. The smallest absolute Gasteiger partial charge is 0.323 e. The van der Waals surface area contributed by atoms with Crippen molar-refractivity contribution in [3.63, 3.8) is 0 Å². The maximum Gasteiger partial charge on any atom is 0.323 e. The molecule has 0 aliphatic carbocycles. The number of urea groups is 1. The van der Waals surface area contributed by atoms with Crippen molar-refractivity contribution in [2.75, 3.05) is 51.3 Å². The van der Waals surface area contributed by atoms with E-state index in [0.29, 0.717) is 45.3 Å². The lowest BCUT2D eigenvalue weighted by molar-refractivity contribution is 0.109. The Morgan fingerprint density at radius 1 is 1.10 bits per heavy atom. The lowest BCUT2D eigenvalue weighted by Gasteiger charge is -2.34. The molecule has 3 aliphatic rings. The Kier molecular flexibility index (Phi) is 5.22. The van der Waals surface area contributed by atoms with Gasteiger partial charge in [-0.1, -0.05) is 6.07 Å². The predicted molar refractivity (Wildman–Crippen MR) is 110 cm³/mol. The molecule has 9 heteroatoms. The maximum atomic E-state index is 12.8. The Hall–Kier alpha value is -2.78. The zero-order valence-corrected chi connectivity index (χ0v) is 17.2. The van der Waals surface area contributed by atoms with E-state index in [1.54, 1.807) is 0 Å². The van der Waals surface area contributed by atoms with Crippen molar-refractivity contribution < 1.29 is 19.0 Å². The van der Waals surface area contributed by atoms with E-state index >= 15 is 0 Å². The molecular weight excluding hydrogens is 386 g/mol. The summed E-state index contributed by atoms with van der Waals surface area (Å²) in [5, 5.41) is 7.46. The highest BCUT2D eigenvalue weighted by molar-refractivity contribution is 5.89. The first-order valence-corrected chi connectivity index (χ1v) is 10.5. The van der Waals surface area contributed by atoms with Gasteiger partial charge in [0.05, 0.1) is 13.2 Å². The molecule has 160 valence electrons. The quantitative estimate of drug-likeness (QED) is 0.824. The predicted octanol–water partition coefficient (Wildman–Crippen LogP) is 1.61. The van der Waals surface area contributed by atoms with Crippen LogP contribution in [0.15, 0.2) is 18.2 Å². The first-order chi connectivity index (χ1) is 14.7. The topological polar surface area (TPSA) is 81.1 Å². The summed E-state index contributed by atoms with van der Waals surface area (Å²) in [5.74, 6) is 2.25. The SMILES string of the molecule is Cn1nc(NC(=O)N2CCN(Cc3ccc4c(c3)OCCO4)CC2)c2c1CCOC2. The van der Waals surface area contributed by atoms with Gasteiger partial charge in [-0.15, -0.1) is 0 Å². The van der Waals surface area contributed by atoms with Crippen LogP contribution in [0.2, 0.25) is 0 Å². The third-order valence-corrected chi connectivity index (χ3v) is 5.90. The second-order valence-electron chi connectivity index (χ2n) is 7.87. The summed E-state index contributed by atoms with van der Waals surface area (Å²) in [6.07, 6.45) is 0.827. The zero-order valence-electron chi connectivity index (χ0n) is 17.2. The van der Waals surface area contributed by atoms with Gasteiger partial charge in [0.1, 0.15) is 13.2 Å². The number of aromatic nitrogens is 2. The molecule has 0 spiro atoms. The fraction of sp³-hybridized carbons (Fsp3) is 0.524. The third kappa shape index (κ3) is 3.82. The molecule has 0 saturated carbocycles. The van der Waals surface area contributed by atoms with Crippen LogP contribution in [-0.2, 0) is 31.4 Å². The van der Waals surface area contributed by atoms with Crippen LogP contribution < -0.4 is 14.8 Å². The third-order valence-electron chi connectivity index (χ3n) is 5.90. The van der Waals surface area contributed by atoms with Crippen LogP contribution in [-0.4, -0.2) is 71.6 Å². The molecule has 1 aromatic heterocycles. The molecule has 0 bridgehead atoms. The van der Waals surface area contributed by atoms with E-state index in [0.717, 1.165) is 48.8 Å². The average Bonchev–Trinajstić information content (AvgIpc) is 3.09. The Morgan fingerprint density at radius 2 is 1.90 bits per heavy atom. The number of ether oxygens (including phenoxy) is 3. The Labute approximate surface area is 175 Å². The first kappa shape index (κ1) is 19.2. The summed E-state index contributed by atoms with van der Waals surface area (Å²) in [4.78, 5) is 17.0. The van der Waals surface area contributed by atoms with Gasteiger partial charge in [-0.2, -0.15) is 5.10 Å².